The van der Waals surface area contributed by atoms with Gasteiger partial charge >= 0.3 is 0 Å². The van der Waals surface area contributed by atoms with E-state index in [4.69, 9.17) is 5.73 Å². The summed E-state index contributed by atoms with van der Waals surface area (Å²) in [5.41, 5.74) is 5.45. The van der Waals surface area contributed by atoms with Crippen LogP contribution >= 0.6 is 0 Å². The Labute approximate surface area is 74.7 Å². The Hall–Kier alpha value is -0.570. The van der Waals surface area contributed by atoms with Crippen LogP contribution in [0.1, 0.15) is 33.1 Å². The number of carbonyl (C=O) groups is 1. The van der Waals surface area contributed by atoms with Gasteiger partial charge in [-0.05, 0) is 25.3 Å². The summed E-state index contributed by atoms with van der Waals surface area (Å²) in [6.45, 7) is 5.19. The van der Waals surface area contributed by atoms with Crippen LogP contribution in [0, 0.1) is 5.92 Å². The molecule has 0 saturated carbocycles. The van der Waals surface area contributed by atoms with Crippen molar-refractivity contribution >= 4 is 5.91 Å². The molecule has 0 fully saturated rings. The van der Waals surface area contributed by atoms with Crippen molar-refractivity contribution in [1.29, 1.82) is 0 Å². The molecule has 0 radical (unpaired) electrons. The first-order chi connectivity index (χ1) is 5.70. The van der Waals surface area contributed by atoms with Gasteiger partial charge in [0.05, 0.1) is 0 Å². The molecule has 3 heteroatoms. The lowest BCUT2D eigenvalue weighted by molar-refractivity contribution is -0.119. The van der Waals surface area contributed by atoms with Gasteiger partial charge in [-0.15, -0.1) is 0 Å². The van der Waals surface area contributed by atoms with E-state index in [9.17, 15) is 4.79 Å². The van der Waals surface area contributed by atoms with E-state index in [0.717, 1.165) is 25.8 Å². The monoisotopic (exact) mass is 172 g/mol. The topological polar surface area (TPSA) is 55.1 Å². The maximum atomic E-state index is 10.6. The molecule has 0 rings (SSSR count). The lowest BCUT2D eigenvalue weighted by Crippen LogP contribution is -2.28. The van der Waals surface area contributed by atoms with E-state index in [2.05, 4.69) is 12.2 Å². The average molecular weight is 172 g/mol. The largest absolute Gasteiger partial charge is 0.356 e. The van der Waals surface area contributed by atoms with Gasteiger partial charge in [-0.2, -0.15) is 0 Å². The van der Waals surface area contributed by atoms with Gasteiger partial charge in [-0.1, -0.05) is 13.3 Å². The summed E-state index contributed by atoms with van der Waals surface area (Å²) in [5, 5.41) is 2.82. The summed E-state index contributed by atoms with van der Waals surface area (Å²) in [6, 6.07) is 0. The van der Waals surface area contributed by atoms with Crippen molar-refractivity contribution in [3.05, 3.63) is 0 Å². The standard InChI is InChI=1S/C9H20N2O/c1-3-4-9(5-6-10)7-11-8(2)12/h9H,3-7,10H2,1-2H3,(H,11,12). The van der Waals surface area contributed by atoms with E-state index < -0.39 is 0 Å². The fourth-order valence-electron chi connectivity index (χ4n) is 1.28. The molecule has 1 unspecified atom stereocenters. The molecule has 0 aliphatic heterocycles. The van der Waals surface area contributed by atoms with Crippen molar-refractivity contribution in [2.24, 2.45) is 11.7 Å². The summed E-state index contributed by atoms with van der Waals surface area (Å²) >= 11 is 0. The zero-order valence-corrected chi connectivity index (χ0v) is 8.10. The summed E-state index contributed by atoms with van der Waals surface area (Å²) in [6.07, 6.45) is 3.32. The van der Waals surface area contributed by atoms with Crippen LogP contribution in [0.25, 0.3) is 0 Å². The Balaban J connectivity index is 3.54. The highest BCUT2D eigenvalue weighted by molar-refractivity contribution is 5.72. The van der Waals surface area contributed by atoms with Gasteiger partial charge in [0.2, 0.25) is 5.91 Å². The number of hydrogen-bond donors (Lipinski definition) is 2. The summed E-state index contributed by atoms with van der Waals surface area (Å²) < 4.78 is 0. The number of hydrogen-bond acceptors (Lipinski definition) is 2. The zero-order chi connectivity index (χ0) is 9.40. The molecule has 0 aromatic heterocycles. The van der Waals surface area contributed by atoms with Crippen LogP contribution in [0.5, 0.6) is 0 Å². The van der Waals surface area contributed by atoms with Gasteiger partial charge in [0.1, 0.15) is 0 Å². The van der Waals surface area contributed by atoms with Gasteiger partial charge < -0.3 is 11.1 Å². The fraction of sp³-hybridized carbons (Fsp3) is 0.889. The predicted octanol–water partition coefficient (Wildman–Crippen LogP) is 0.888. The molecule has 0 aromatic rings. The zero-order valence-electron chi connectivity index (χ0n) is 8.10. The Morgan fingerprint density at radius 1 is 1.50 bits per heavy atom. The Morgan fingerprint density at radius 2 is 2.17 bits per heavy atom. The lowest BCUT2D eigenvalue weighted by Gasteiger charge is -2.14. The highest BCUT2D eigenvalue weighted by Crippen LogP contribution is 2.08. The van der Waals surface area contributed by atoms with Gasteiger partial charge in [-0.25, -0.2) is 0 Å². The van der Waals surface area contributed by atoms with E-state index >= 15 is 0 Å². The smallest absolute Gasteiger partial charge is 0.216 e. The van der Waals surface area contributed by atoms with Crippen LogP contribution in [0.3, 0.4) is 0 Å². The third-order valence-corrected chi connectivity index (χ3v) is 1.91. The van der Waals surface area contributed by atoms with Crippen molar-refractivity contribution in [3.63, 3.8) is 0 Å². The number of rotatable bonds is 6. The van der Waals surface area contributed by atoms with Gasteiger partial charge in [0.15, 0.2) is 0 Å². The predicted molar refractivity (Wildman–Crippen MR) is 50.8 cm³/mol. The second kappa shape index (κ2) is 7.10. The van der Waals surface area contributed by atoms with Crippen molar-refractivity contribution < 1.29 is 4.79 Å². The van der Waals surface area contributed by atoms with Crippen molar-refractivity contribution in [3.8, 4) is 0 Å². The molecule has 0 aliphatic rings. The molecule has 0 aliphatic carbocycles. The molecule has 0 saturated heterocycles. The molecule has 12 heavy (non-hydrogen) atoms. The van der Waals surface area contributed by atoms with E-state index in [1.54, 1.807) is 6.92 Å². The summed E-state index contributed by atoms with van der Waals surface area (Å²) in [4.78, 5) is 10.6. The SMILES string of the molecule is CCCC(CCN)CNC(C)=O. The van der Waals surface area contributed by atoms with E-state index in [-0.39, 0.29) is 5.91 Å². The van der Waals surface area contributed by atoms with Crippen molar-refractivity contribution in [2.45, 2.75) is 33.1 Å². The molecule has 3 nitrogen and oxygen atoms in total. The second-order valence-corrected chi connectivity index (χ2v) is 3.17. The number of carbonyl (C=O) groups excluding carboxylic acids is 1. The molecule has 0 aromatic carbocycles. The molecule has 0 bridgehead atoms. The summed E-state index contributed by atoms with van der Waals surface area (Å²) in [7, 11) is 0. The molecule has 72 valence electrons. The molecular weight excluding hydrogens is 152 g/mol. The van der Waals surface area contributed by atoms with Gasteiger partial charge in [0.25, 0.3) is 0 Å². The maximum absolute atomic E-state index is 10.6. The van der Waals surface area contributed by atoms with Crippen LogP contribution in [-0.4, -0.2) is 19.0 Å². The number of nitrogens with one attached hydrogen (secondary N) is 1. The van der Waals surface area contributed by atoms with Gasteiger partial charge in [-0.3, -0.25) is 4.79 Å². The maximum Gasteiger partial charge on any atom is 0.216 e. The molecule has 0 heterocycles. The minimum Gasteiger partial charge on any atom is -0.356 e. The van der Waals surface area contributed by atoms with Crippen molar-refractivity contribution in [1.82, 2.24) is 5.32 Å². The molecule has 0 spiro atoms. The first-order valence-corrected chi connectivity index (χ1v) is 4.65. The Morgan fingerprint density at radius 3 is 2.58 bits per heavy atom. The van der Waals surface area contributed by atoms with Gasteiger partial charge in [0, 0.05) is 13.5 Å². The first-order valence-electron chi connectivity index (χ1n) is 4.65. The van der Waals surface area contributed by atoms with E-state index in [1.165, 1.54) is 0 Å². The van der Waals surface area contributed by atoms with Crippen molar-refractivity contribution in [2.75, 3.05) is 13.1 Å². The fourth-order valence-corrected chi connectivity index (χ4v) is 1.28. The molecule has 3 N–H and O–H groups in total. The quantitative estimate of drug-likeness (QED) is 0.625. The Kier molecular flexibility index (Phi) is 6.76. The lowest BCUT2D eigenvalue weighted by atomic mass is 10.00. The number of nitrogens with two attached hydrogens (primary N) is 1. The van der Waals surface area contributed by atoms with Crippen LogP contribution in [0.2, 0.25) is 0 Å². The van der Waals surface area contributed by atoms with E-state index in [0.29, 0.717) is 12.5 Å². The van der Waals surface area contributed by atoms with Crippen LogP contribution in [0.15, 0.2) is 0 Å². The average Bonchev–Trinajstić information content (AvgIpc) is 2.01. The molecule has 1 atom stereocenters. The highest BCUT2D eigenvalue weighted by Gasteiger charge is 2.06. The van der Waals surface area contributed by atoms with Crippen LogP contribution in [0.4, 0.5) is 0 Å². The number of amides is 1. The minimum absolute atomic E-state index is 0.0492. The second-order valence-electron chi connectivity index (χ2n) is 3.17. The normalized spacial score (nSPS) is 12.6. The Bertz CT molecular complexity index is 120. The third-order valence-electron chi connectivity index (χ3n) is 1.91. The minimum atomic E-state index is 0.0492. The highest BCUT2D eigenvalue weighted by atomic mass is 16.1. The first kappa shape index (κ1) is 11.4. The van der Waals surface area contributed by atoms with Crippen LogP contribution < -0.4 is 11.1 Å². The molecule has 1 amide bonds. The molecular formula is C9H20N2O. The van der Waals surface area contributed by atoms with E-state index in [1.807, 2.05) is 0 Å². The summed E-state index contributed by atoms with van der Waals surface area (Å²) in [5.74, 6) is 0.608. The third kappa shape index (κ3) is 6.16. The van der Waals surface area contributed by atoms with Crippen LogP contribution in [-0.2, 0) is 4.79 Å².